The van der Waals surface area contributed by atoms with Crippen molar-refractivity contribution in [3.05, 3.63) is 59.7 Å². The molecular weight excluding hydrogens is 278 g/mol. The monoisotopic (exact) mass is 297 g/mol. The third-order valence-corrected chi connectivity index (χ3v) is 3.55. The van der Waals surface area contributed by atoms with Gasteiger partial charge < -0.3 is 10.0 Å². The molecule has 0 aliphatic rings. The third-order valence-electron chi connectivity index (χ3n) is 3.55. The van der Waals surface area contributed by atoms with Crippen molar-refractivity contribution in [2.45, 2.75) is 19.8 Å². The van der Waals surface area contributed by atoms with E-state index in [1.165, 1.54) is 17.0 Å². The highest BCUT2D eigenvalue weighted by molar-refractivity contribution is 6.00. The van der Waals surface area contributed by atoms with Crippen LogP contribution in [0.15, 0.2) is 48.5 Å². The first-order chi connectivity index (χ1) is 10.5. The number of phenols is 1. The van der Waals surface area contributed by atoms with Gasteiger partial charge in [0.2, 0.25) is 5.91 Å². The molecule has 0 aliphatic heterocycles. The van der Waals surface area contributed by atoms with Gasteiger partial charge in [-0.15, -0.1) is 0 Å². The van der Waals surface area contributed by atoms with Crippen LogP contribution in [0.1, 0.15) is 28.8 Å². The number of hydrogen-bond acceptors (Lipinski definition) is 3. The zero-order chi connectivity index (χ0) is 16.1. The Morgan fingerprint density at radius 1 is 0.955 bits per heavy atom. The predicted molar refractivity (Wildman–Crippen MR) is 86.3 cm³/mol. The lowest BCUT2D eigenvalue weighted by atomic mass is 10.0. The van der Waals surface area contributed by atoms with Crippen molar-refractivity contribution < 1.29 is 14.7 Å². The van der Waals surface area contributed by atoms with Gasteiger partial charge in [0.1, 0.15) is 5.75 Å². The zero-order valence-corrected chi connectivity index (χ0v) is 12.7. The minimum absolute atomic E-state index is 0.0348. The van der Waals surface area contributed by atoms with E-state index in [-0.39, 0.29) is 30.3 Å². The molecule has 0 unspecified atom stereocenters. The summed E-state index contributed by atoms with van der Waals surface area (Å²) in [4.78, 5) is 25.7. The van der Waals surface area contributed by atoms with Crippen LogP contribution in [0.5, 0.6) is 5.75 Å². The summed E-state index contributed by atoms with van der Waals surface area (Å²) in [5, 5.41) is 9.25. The maximum Gasteiger partial charge on any atom is 0.227 e. The fraction of sp³-hybridized carbons (Fsp3) is 0.222. The van der Waals surface area contributed by atoms with E-state index in [1.807, 2.05) is 19.1 Å². The molecule has 0 radical (unpaired) electrons. The van der Waals surface area contributed by atoms with Crippen LogP contribution in [-0.4, -0.2) is 23.8 Å². The van der Waals surface area contributed by atoms with Gasteiger partial charge in [0.05, 0.1) is 0 Å². The lowest BCUT2D eigenvalue weighted by molar-refractivity contribution is -0.118. The number of hydrogen-bond donors (Lipinski definition) is 1. The molecule has 114 valence electrons. The molecule has 1 N–H and O–H groups in total. The standard InChI is InChI=1S/C18H19NO3/c1-13-3-5-14(6-4-13)17(21)11-12-18(22)19(2)15-7-9-16(20)10-8-15/h3-10,20H,11-12H2,1-2H3. The van der Waals surface area contributed by atoms with Gasteiger partial charge in [0, 0.05) is 31.1 Å². The molecule has 0 aliphatic carbocycles. The molecule has 2 aromatic rings. The Labute approximate surface area is 130 Å². The van der Waals surface area contributed by atoms with E-state index < -0.39 is 0 Å². The maximum absolute atomic E-state index is 12.1. The summed E-state index contributed by atoms with van der Waals surface area (Å²) in [6.45, 7) is 1.96. The number of carbonyl (C=O) groups excluding carboxylic acids is 2. The molecule has 4 heteroatoms. The number of aromatic hydroxyl groups is 1. The minimum Gasteiger partial charge on any atom is -0.508 e. The summed E-state index contributed by atoms with van der Waals surface area (Å²) in [6, 6.07) is 13.7. The molecule has 1 amide bonds. The van der Waals surface area contributed by atoms with Crippen molar-refractivity contribution in [2.75, 3.05) is 11.9 Å². The second kappa shape index (κ2) is 6.89. The largest absolute Gasteiger partial charge is 0.508 e. The molecule has 0 spiro atoms. The number of benzene rings is 2. The Bertz CT molecular complexity index is 660. The fourth-order valence-corrected chi connectivity index (χ4v) is 2.09. The van der Waals surface area contributed by atoms with Gasteiger partial charge in [-0.1, -0.05) is 29.8 Å². The van der Waals surface area contributed by atoms with Crippen LogP contribution < -0.4 is 4.90 Å². The van der Waals surface area contributed by atoms with Crippen molar-refractivity contribution in [3.63, 3.8) is 0 Å². The topological polar surface area (TPSA) is 57.6 Å². The number of carbonyl (C=O) groups is 2. The van der Waals surface area contributed by atoms with E-state index in [2.05, 4.69) is 0 Å². The van der Waals surface area contributed by atoms with Crippen molar-refractivity contribution in [1.82, 2.24) is 0 Å². The molecule has 4 nitrogen and oxygen atoms in total. The summed E-state index contributed by atoms with van der Waals surface area (Å²) in [5.74, 6) is -0.0160. The number of rotatable bonds is 5. The van der Waals surface area contributed by atoms with Crippen molar-refractivity contribution in [2.24, 2.45) is 0 Å². The molecule has 0 fully saturated rings. The second-order valence-corrected chi connectivity index (χ2v) is 5.26. The third kappa shape index (κ3) is 3.95. The lowest BCUT2D eigenvalue weighted by Gasteiger charge is -2.17. The number of ketones is 1. The summed E-state index contributed by atoms with van der Waals surface area (Å²) >= 11 is 0. The van der Waals surface area contributed by atoms with E-state index in [9.17, 15) is 14.7 Å². The number of amides is 1. The summed E-state index contributed by atoms with van der Waals surface area (Å²) in [6.07, 6.45) is 0.342. The smallest absolute Gasteiger partial charge is 0.227 e. The van der Waals surface area contributed by atoms with E-state index >= 15 is 0 Å². The average molecular weight is 297 g/mol. The number of nitrogens with zero attached hydrogens (tertiary/aromatic N) is 1. The highest BCUT2D eigenvalue weighted by Crippen LogP contribution is 2.18. The first-order valence-corrected chi connectivity index (χ1v) is 7.13. The SMILES string of the molecule is Cc1ccc(C(=O)CCC(=O)N(C)c2ccc(O)cc2)cc1. The van der Waals surface area contributed by atoms with Crippen LogP contribution in [0.2, 0.25) is 0 Å². The Morgan fingerprint density at radius 3 is 2.14 bits per heavy atom. The average Bonchev–Trinajstić information content (AvgIpc) is 2.53. The van der Waals surface area contributed by atoms with Crippen LogP contribution in [0, 0.1) is 6.92 Å². The van der Waals surface area contributed by atoms with Crippen LogP contribution in [-0.2, 0) is 4.79 Å². The Balaban J connectivity index is 1.93. The van der Waals surface area contributed by atoms with Crippen LogP contribution in [0.3, 0.4) is 0 Å². The molecular formula is C18H19NO3. The minimum atomic E-state index is -0.133. The summed E-state index contributed by atoms with van der Waals surface area (Å²) < 4.78 is 0. The summed E-state index contributed by atoms with van der Waals surface area (Å²) in [5.41, 5.74) is 2.41. The van der Waals surface area contributed by atoms with Gasteiger partial charge in [0.15, 0.2) is 5.78 Å². The van der Waals surface area contributed by atoms with Crippen molar-refractivity contribution in [1.29, 1.82) is 0 Å². The van der Waals surface area contributed by atoms with E-state index in [0.29, 0.717) is 11.3 Å². The first kappa shape index (κ1) is 15.8. The van der Waals surface area contributed by atoms with Gasteiger partial charge >= 0.3 is 0 Å². The molecule has 0 heterocycles. The second-order valence-electron chi connectivity index (χ2n) is 5.26. The first-order valence-electron chi connectivity index (χ1n) is 7.13. The number of anilines is 1. The molecule has 0 aromatic heterocycles. The van der Waals surface area contributed by atoms with Gasteiger partial charge in [-0.3, -0.25) is 9.59 Å². The van der Waals surface area contributed by atoms with Crippen LogP contribution in [0.4, 0.5) is 5.69 Å². The molecule has 0 saturated heterocycles. The van der Waals surface area contributed by atoms with Crippen LogP contribution in [0.25, 0.3) is 0 Å². The molecule has 22 heavy (non-hydrogen) atoms. The van der Waals surface area contributed by atoms with Gasteiger partial charge in [0.25, 0.3) is 0 Å². The number of aryl methyl sites for hydroxylation is 1. The van der Waals surface area contributed by atoms with Gasteiger partial charge in [-0.2, -0.15) is 0 Å². The molecule has 0 atom stereocenters. The van der Waals surface area contributed by atoms with Crippen LogP contribution >= 0.6 is 0 Å². The molecule has 2 aromatic carbocycles. The Hall–Kier alpha value is -2.62. The van der Waals surface area contributed by atoms with Crippen molar-refractivity contribution >= 4 is 17.4 Å². The molecule has 0 saturated carbocycles. The summed E-state index contributed by atoms with van der Waals surface area (Å²) in [7, 11) is 1.66. The number of phenolic OH excluding ortho intramolecular Hbond substituents is 1. The quantitative estimate of drug-likeness (QED) is 0.861. The van der Waals surface area contributed by atoms with Crippen molar-refractivity contribution in [3.8, 4) is 5.75 Å². The number of Topliss-reactive ketones (excluding diaryl/α,β-unsaturated/α-hetero) is 1. The normalized spacial score (nSPS) is 10.3. The Kier molecular flexibility index (Phi) is 4.94. The highest BCUT2D eigenvalue weighted by Gasteiger charge is 2.14. The Morgan fingerprint density at radius 2 is 1.55 bits per heavy atom. The molecule has 0 bridgehead atoms. The molecule has 2 rings (SSSR count). The van der Waals surface area contributed by atoms with E-state index in [4.69, 9.17) is 0 Å². The lowest BCUT2D eigenvalue weighted by Crippen LogP contribution is -2.26. The van der Waals surface area contributed by atoms with E-state index in [0.717, 1.165) is 5.56 Å². The van der Waals surface area contributed by atoms with E-state index in [1.54, 1.807) is 31.3 Å². The maximum atomic E-state index is 12.1. The fourth-order valence-electron chi connectivity index (χ4n) is 2.09. The zero-order valence-electron chi connectivity index (χ0n) is 12.7. The highest BCUT2D eigenvalue weighted by atomic mass is 16.3. The van der Waals surface area contributed by atoms with Gasteiger partial charge in [-0.25, -0.2) is 0 Å². The predicted octanol–water partition coefficient (Wildman–Crippen LogP) is 3.33. The van der Waals surface area contributed by atoms with Gasteiger partial charge in [-0.05, 0) is 31.2 Å².